The van der Waals surface area contributed by atoms with Gasteiger partial charge in [-0.1, -0.05) is 156 Å². The second-order valence-electron chi connectivity index (χ2n) is 16.3. The van der Waals surface area contributed by atoms with Crippen LogP contribution in [-0.4, -0.2) is 42.0 Å². The van der Waals surface area contributed by atoms with Gasteiger partial charge in [0, 0.05) is 59.8 Å². The number of amides is 2. The highest BCUT2D eigenvalue weighted by Crippen LogP contribution is 2.29. The zero-order chi connectivity index (χ0) is 40.8. The summed E-state index contributed by atoms with van der Waals surface area (Å²) in [6.45, 7) is 15.9. The molecule has 2 aromatic carbocycles. The molecule has 0 spiro atoms. The molecule has 2 atom stereocenters. The van der Waals surface area contributed by atoms with E-state index < -0.39 is 0 Å². The van der Waals surface area contributed by atoms with E-state index in [4.69, 9.17) is 4.74 Å². The number of carbonyl (C=O) groups is 3. The van der Waals surface area contributed by atoms with Gasteiger partial charge in [-0.2, -0.15) is 0 Å². The van der Waals surface area contributed by atoms with Crippen LogP contribution >= 0.6 is 0 Å². The number of unbranched alkanes of at least 4 members (excludes halogenated alkanes) is 16. The summed E-state index contributed by atoms with van der Waals surface area (Å²) in [5, 5.41) is 8.38. The first-order valence-corrected chi connectivity index (χ1v) is 23.0. The Labute approximate surface area is 341 Å². The number of fused-ring (bicyclic) bond motifs is 3. The third kappa shape index (κ3) is 20.2. The minimum Gasteiger partial charge on any atom is -0.466 e. The Morgan fingerprint density at radius 2 is 1.11 bits per heavy atom. The molecule has 2 unspecified atom stereocenters. The summed E-state index contributed by atoms with van der Waals surface area (Å²) >= 11 is 0. The van der Waals surface area contributed by atoms with E-state index in [-0.39, 0.29) is 17.8 Å². The molecule has 2 amide bonds. The van der Waals surface area contributed by atoms with Gasteiger partial charge in [-0.3, -0.25) is 14.4 Å². The van der Waals surface area contributed by atoms with Crippen LogP contribution in [0.3, 0.4) is 0 Å². The Bertz CT molecular complexity index is 1500. The van der Waals surface area contributed by atoms with Gasteiger partial charge in [-0.25, -0.2) is 0 Å². The highest BCUT2D eigenvalue weighted by molar-refractivity contribution is 6.10. The molecule has 316 valence electrons. The van der Waals surface area contributed by atoms with Crippen molar-refractivity contribution >= 4 is 39.6 Å². The van der Waals surface area contributed by atoms with E-state index in [9.17, 15) is 14.4 Å². The van der Waals surface area contributed by atoms with Gasteiger partial charge in [0.15, 0.2) is 0 Å². The number of hydrogen-bond donors (Lipinski definition) is 2. The fraction of sp³-hybridized carbons (Fsp3) is 0.694. The number of nitrogens with zero attached hydrogens (tertiary/aromatic N) is 1. The van der Waals surface area contributed by atoms with Crippen LogP contribution in [0.25, 0.3) is 21.8 Å². The lowest BCUT2D eigenvalue weighted by Crippen LogP contribution is -2.27. The molecule has 0 radical (unpaired) electrons. The molecule has 7 heteroatoms. The molecule has 3 aromatic rings. The number of aromatic nitrogens is 1. The number of hydrogen-bond acceptors (Lipinski definition) is 4. The van der Waals surface area contributed by atoms with Crippen LogP contribution in [0.4, 0.5) is 0 Å². The molecule has 3 rings (SSSR count). The maximum absolute atomic E-state index is 12.4. The predicted molar refractivity (Wildman–Crippen MR) is 238 cm³/mol. The third-order valence-corrected chi connectivity index (χ3v) is 11.3. The maximum atomic E-state index is 12.4. The SMILES string of the molecule is CCC(C)CNC(=O)c1ccc2c(c1)c1ccccc1n2CC.CCCCCCCCCCCCCCCCCC(=O)OCCCCCC(=O)NCC(C)CC. The second kappa shape index (κ2) is 30.7. The quantitative estimate of drug-likeness (QED) is 0.0521. The Balaban J connectivity index is 0.000000408. The molecule has 0 saturated carbocycles. The summed E-state index contributed by atoms with van der Waals surface area (Å²) in [7, 11) is 0. The van der Waals surface area contributed by atoms with E-state index in [1.54, 1.807) is 0 Å². The molecule has 1 heterocycles. The van der Waals surface area contributed by atoms with Crippen LogP contribution < -0.4 is 10.6 Å². The minimum absolute atomic E-state index is 0.0144. The molecule has 1 aromatic heterocycles. The maximum Gasteiger partial charge on any atom is 0.305 e. The Morgan fingerprint density at radius 3 is 1.70 bits per heavy atom. The molecular weight excluding hydrogens is 695 g/mol. The third-order valence-electron chi connectivity index (χ3n) is 11.3. The van der Waals surface area contributed by atoms with Gasteiger partial charge in [0.25, 0.3) is 5.91 Å². The van der Waals surface area contributed by atoms with Gasteiger partial charge in [0.05, 0.1) is 6.61 Å². The molecular formula is C49H81N3O4. The largest absolute Gasteiger partial charge is 0.466 e. The van der Waals surface area contributed by atoms with E-state index in [0.29, 0.717) is 31.3 Å². The number of rotatable bonds is 30. The standard InChI is InChI=1S/C29H57NO3.C20H24N2O/c1-4-6-7-8-9-10-11-12-13-14-15-16-17-18-21-24-29(32)33-25-22-19-20-23-28(31)30-26-27(3)5-2;1-4-14(3)13-21-20(23)15-10-11-19-17(12-15)16-8-6-7-9-18(16)22(19)5-2/h27H,4-26H2,1-3H3,(H,30,31);6-12,14H,4-5,13H2,1-3H3,(H,21,23). The van der Waals surface area contributed by atoms with Crippen molar-refractivity contribution in [1.82, 2.24) is 15.2 Å². The molecule has 7 nitrogen and oxygen atoms in total. The number of esters is 1. The zero-order valence-corrected chi connectivity index (χ0v) is 36.7. The van der Waals surface area contributed by atoms with Crippen LogP contribution in [0.5, 0.6) is 0 Å². The van der Waals surface area contributed by atoms with E-state index in [2.05, 4.69) is 87.1 Å². The van der Waals surface area contributed by atoms with Crippen molar-refractivity contribution in [1.29, 1.82) is 0 Å². The molecule has 0 aliphatic carbocycles. The summed E-state index contributed by atoms with van der Waals surface area (Å²) in [5.74, 6) is 1.14. The smallest absolute Gasteiger partial charge is 0.305 e. The Hall–Kier alpha value is -3.35. The molecule has 2 N–H and O–H groups in total. The van der Waals surface area contributed by atoms with E-state index in [1.165, 1.54) is 99.9 Å². The minimum atomic E-state index is -0.0593. The summed E-state index contributed by atoms with van der Waals surface area (Å²) in [5.41, 5.74) is 3.15. The topological polar surface area (TPSA) is 89.4 Å². The lowest BCUT2D eigenvalue weighted by Gasteiger charge is -2.10. The van der Waals surface area contributed by atoms with Gasteiger partial charge >= 0.3 is 5.97 Å². The number of nitrogens with one attached hydrogen (secondary N) is 2. The fourth-order valence-electron chi connectivity index (χ4n) is 7.03. The van der Waals surface area contributed by atoms with Gasteiger partial charge in [0.2, 0.25) is 5.91 Å². The van der Waals surface area contributed by atoms with Crippen LogP contribution in [0, 0.1) is 11.8 Å². The second-order valence-corrected chi connectivity index (χ2v) is 16.3. The molecule has 0 fully saturated rings. The van der Waals surface area contributed by atoms with Gasteiger partial charge < -0.3 is 19.9 Å². The van der Waals surface area contributed by atoms with Crippen LogP contribution in [0.1, 0.15) is 193 Å². The lowest BCUT2D eigenvalue weighted by molar-refractivity contribution is -0.144. The Kier molecular flexibility index (Phi) is 26.8. The summed E-state index contributed by atoms with van der Waals surface area (Å²) in [4.78, 5) is 35.9. The highest BCUT2D eigenvalue weighted by Gasteiger charge is 2.13. The van der Waals surface area contributed by atoms with Crippen molar-refractivity contribution in [2.24, 2.45) is 11.8 Å². The molecule has 0 saturated heterocycles. The number of benzene rings is 2. The van der Waals surface area contributed by atoms with Crippen molar-refractivity contribution in [2.75, 3.05) is 19.7 Å². The van der Waals surface area contributed by atoms with Crippen molar-refractivity contribution in [3.63, 3.8) is 0 Å². The molecule has 56 heavy (non-hydrogen) atoms. The van der Waals surface area contributed by atoms with E-state index in [1.807, 2.05) is 12.1 Å². The van der Waals surface area contributed by atoms with Gasteiger partial charge in [0.1, 0.15) is 0 Å². The summed E-state index contributed by atoms with van der Waals surface area (Å²) in [6.07, 6.45) is 26.0. The number of aryl methyl sites for hydroxylation is 1. The van der Waals surface area contributed by atoms with Crippen molar-refractivity contribution in [2.45, 2.75) is 189 Å². The van der Waals surface area contributed by atoms with Crippen molar-refractivity contribution in [3.8, 4) is 0 Å². The lowest BCUT2D eigenvalue weighted by atomic mass is 10.0. The molecule has 0 aliphatic rings. The number of carbonyl (C=O) groups excluding carboxylic acids is 3. The van der Waals surface area contributed by atoms with Crippen LogP contribution in [0.2, 0.25) is 0 Å². The number of ether oxygens (including phenoxy) is 1. The van der Waals surface area contributed by atoms with Crippen molar-refractivity contribution in [3.05, 3.63) is 48.0 Å². The van der Waals surface area contributed by atoms with Gasteiger partial charge in [-0.15, -0.1) is 0 Å². The average Bonchev–Trinajstić information content (AvgIpc) is 3.54. The monoisotopic (exact) mass is 776 g/mol. The van der Waals surface area contributed by atoms with Crippen LogP contribution in [0.15, 0.2) is 42.5 Å². The normalized spacial score (nSPS) is 12.2. The zero-order valence-electron chi connectivity index (χ0n) is 36.7. The first-order chi connectivity index (χ1) is 27.2. The number of para-hydroxylation sites is 1. The highest BCUT2D eigenvalue weighted by atomic mass is 16.5. The van der Waals surface area contributed by atoms with E-state index in [0.717, 1.165) is 75.5 Å². The van der Waals surface area contributed by atoms with Crippen LogP contribution in [-0.2, 0) is 20.9 Å². The summed E-state index contributed by atoms with van der Waals surface area (Å²) < 4.78 is 7.62. The molecule has 0 aliphatic heterocycles. The van der Waals surface area contributed by atoms with Gasteiger partial charge in [-0.05, 0) is 68.7 Å². The first-order valence-electron chi connectivity index (χ1n) is 23.0. The molecule has 0 bridgehead atoms. The average molecular weight is 776 g/mol. The van der Waals surface area contributed by atoms with Crippen molar-refractivity contribution < 1.29 is 19.1 Å². The van der Waals surface area contributed by atoms with E-state index >= 15 is 0 Å². The summed E-state index contributed by atoms with van der Waals surface area (Å²) in [6, 6.07) is 14.4. The fourth-order valence-corrected chi connectivity index (χ4v) is 7.03. The first kappa shape index (κ1) is 48.8. The Morgan fingerprint density at radius 1 is 0.589 bits per heavy atom. The predicted octanol–water partition coefficient (Wildman–Crippen LogP) is 13.1.